The van der Waals surface area contributed by atoms with E-state index in [1.54, 1.807) is 13.8 Å². The van der Waals surface area contributed by atoms with Crippen molar-refractivity contribution >= 4 is 12.4 Å². The lowest BCUT2D eigenvalue weighted by molar-refractivity contribution is -0.159. The highest BCUT2D eigenvalue weighted by Crippen LogP contribution is 2.05. The quantitative estimate of drug-likeness (QED) is 0.383. The largest absolute Gasteiger partial charge is 0.452 e. The molecule has 0 spiro atoms. The highest BCUT2D eigenvalue weighted by molar-refractivity contribution is 5.72. The second-order valence-electron chi connectivity index (χ2n) is 3.91. The highest BCUT2D eigenvalue weighted by atomic mass is 16.7. The molecular weight excluding hydrogens is 252 g/mol. The Morgan fingerprint density at radius 1 is 1.26 bits per heavy atom. The zero-order valence-electron chi connectivity index (χ0n) is 12.2. The first-order valence-corrected chi connectivity index (χ1v) is 6.33. The third kappa shape index (κ3) is 6.00. The van der Waals surface area contributed by atoms with Crippen molar-refractivity contribution in [3.05, 3.63) is 0 Å². The van der Waals surface area contributed by atoms with Gasteiger partial charge in [-0.2, -0.15) is 0 Å². The van der Waals surface area contributed by atoms with Gasteiger partial charge < -0.3 is 19.0 Å². The van der Waals surface area contributed by atoms with Crippen LogP contribution in [0.25, 0.3) is 0 Å². The maximum atomic E-state index is 11.6. The molecule has 0 aromatic rings. The molecule has 0 aliphatic heterocycles. The van der Waals surface area contributed by atoms with Crippen molar-refractivity contribution in [2.45, 2.75) is 46.1 Å². The number of aldehydes is 1. The Morgan fingerprint density at radius 3 is 2.16 bits per heavy atom. The van der Waals surface area contributed by atoms with Gasteiger partial charge in [0.1, 0.15) is 12.3 Å². The molecule has 0 rings (SSSR count). The molecule has 0 heterocycles. The molecule has 0 aromatic carbocycles. The van der Waals surface area contributed by atoms with Crippen molar-refractivity contribution in [1.29, 1.82) is 0 Å². The van der Waals surface area contributed by atoms with Gasteiger partial charge in [0.25, 0.3) is 0 Å². The Morgan fingerprint density at radius 2 is 1.79 bits per heavy atom. The summed E-state index contributed by atoms with van der Waals surface area (Å²) in [6.07, 6.45) is -0.508. The molecule has 0 bridgehead atoms. The molecule has 2 atom stereocenters. The highest BCUT2D eigenvalue weighted by Gasteiger charge is 2.26. The monoisotopic (exact) mass is 276 g/mol. The first-order chi connectivity index (χ1) is 9.01. The topological polar surface area (TPSA) is 77.1 Å². The summed E-state index contributed by atoms with van der Waals surface area (Å²) in [6.45, 7) is 8.05. The maximum absolute atomic E-state index is 11.6. The van der Waals surface area contributed by atoms with Gasteiger partial charge in [-0.3, -0.25) is 0 Å². The molecule has 7 nitrogen and oxygen atoms in total. The third-order valence-electron chi connectivity index (χ3n) is 2.39. The number of carbonyl (C=O) groups is 2. The third-order valence-corrected chi connectivity index (χ3v) is 2.39. The number of nitrogens with one attached hydrogen (secondary N) is 1. The van der Waals surface area contributed by atoms with E-state index in [2.05, 4.69) is 10.2 Å². The maximum Gasteiger partial charge on any atom is 0.424 e. The number of amides is 1. The average Bonchev–Trinajstić information content (AvgIpc) is 2.42. The van der Waals surface area contributed by atoms with Crippen LogP contribution < -0.4 is 5.43 Å². The summed E-state index contributed by atoms with van der Waals surface area (Å²) in [6, 6.07) is -0.972. The summed E-state index contributed by atoms with van der Waals surface area (Å²) in [4.78, 5) is 22.4. The summed E-state index contributed by atoms with van der Waals surface area (Å²) in [5, 5.41) is 1.11. The van der Waals surface area contributed by atoms with Gasteiger partial charge in [0.2, 0.25) is 0 Å². The van der Waals surface area contributed by atoms with Crippen molar-refractivity contribution < 1.29 is 23.8 Å². The van der Waals surface area contributed by atoms with Crippen LogP contribution in [0.3, 0.4) is 0 Å². The fourth-order valence-corrected chi connectivity index (χ4v) is 1.44. The number of ether oxygens (including phenoxy) is 3. The smallest absolute Gasteiger partial charge is 0.424 e. The zero-order valence-corrected chi connectivity index (χ0v) is 12.2. The van der Waals surface area contributed by atoms with Crippen LogP contribution in [0, 0.1) is 0 Å². The fourth-order valence-electron chi connectivity index (χ4n) is 1.44. The number of methoxy groups -OCH3 is 1. The Bertz CT molecular complexity index is 269. The number of hydrogen-bond acceptors (Lipinski definition) is 6. The summed E-state index contributed by atoms with van der Waals surface area (Å²) in [5.41, 5.74) is 2.87. The summed E-state index contributed by atoms with van der Waals surface area (Å²) in [5.74, 6) is 0. The molecule has 19 heavy (non-hydrogen) atoms. The molecule has 0 radical (unpaired) electrons. The molecule has 0 aliphatic rings. The molecule has 0 fully saturated rings. The lowest BCUT2D eigenvalue weighted by atomic mass is 10.3. The predicted molar refractivity (Wildman–Crippen MR) is 69.4 cm³/mol. The van der Waals surface area contributed by atoms with Gasteiger partial charge >= 0.3 is 6.09 Å². The molecule has 1 amide bonds. The first-order valence-electron chi connectivity index (χ1n) is 6.33. The molecule has 0 saturated carbocycles. The number of hydrogen-bond donors (Lipinski definition) is 1. The fraction of sp³-hybridized carbons (Fsp3) is 0.833. The molecule has 0 saturated heterocycles. The molecule has 1 unspecified atom stereocenters. The van der Waals surface area contributed by atoms with Crippen molar-refractivity contribution in [3.63, 3.8) is 0 Å². The second-order valence-corrected chi connectivity index (χ2v) is 3.91. The first kappa shape index (κ1) is 17.8. The minimum absolute atomic E-state index is 0.318. The van der Waals surface area contributed by atoms with Gasteiger partial charge in [0, 0.05) is 13.2 Å². The van der Waals surface area contributed by atoms with Gasteiger partial charge in [-0.15, -0.1) is 0 Å². The van der Waals surface area contributed by atoms with Gasteiger partial charge in [-0.05, 0) is 27.7 Å². The van der Waals surface area contributed by atoms with Crippen LogP contribution in [0.15, 0.2) is 0 Å². The number of rotatable bonds is 9. The van der Waals surface area contributed by atoms with E-state index >= 15 is 0 Å². The molecule has 0 aliphatic carbocycles. The second kappa shape index (κ2) is 9.71. The van der Waals surface area contributed by atoms with Crippen LogP contribution in [0.1, 0.15) is 27.7 Å². The number of hydrazine groups is 1. The Kier molecular flexibility index (Phi) is 9.11. The summed E-state index contributed by atoms with van der Waals surface area (Å²) in [7, 11) is 1.25. The molecule has 7 heteroatoms. The SMILES string of the molecule is CCOC(OCC)[C@H](C)NN(C(=O)OC)C(C)C=O. The van der Waals surface area contributed by atoms with E-state index in [1.165, 1.54) is 7.11 Å². The van der Waals surface area contributed by atoms with Crippen LogP contribution in [0.4, 0.5) is 4.79 Å². The van der Waals surface area contributed by atoms with Crippen molar-refractivity contribution in [3.8, 4) is 0 Å². The van der Waals surface area contributed by atoms with Crippen LogP contribution in [-0.4, -0.2) is 56.1 Å². The Balaban J connectivity index is 4.70. The van der Waals surface area contributed by atoms with Crippen LogP contribution in [0.2, 0.25) is 0 Å². The van der Waals surface area contributed by atoms with Gasteiger partial charge in [0.05, 0.1) is 13.2 Å². The van der Waals surface area contributed by atoms with Gasteiger partial charge in [-0.25, -0.2) is 15.2 Å². The normalized spacial score (nSPS) is 14.0. The van der Waals surface area contributed by atoms with E-state index in [0.29, 0.717) is 19.5 Å². The summed E-state index contributed by atoms with van der Waals surface area (Å²) >= 11 is 0. The van der Waals surface area contributed by atoms with E-state index in [9.17, 15) is 9.59 Å². The van der Waals surface area contributed by atoms with E-state index in [-0.39, 0.29) is 6.04 Å². The lowest BCUT2D eigenvalue weighted by Gasteiger charge is -2.31. The van der Waals surface area contributed by atoms with Crippen LogP contribution >= 0.6 is 0 Å². The van der Waals surface area contributed by atoms with E-state index in [1.807, 2.05) is 13.8 Å². The van der Waals surface area contributed by atoms with Crippen LogP contribution in [-0.2, 0) is 19.0 Å². The van der Waals surface area contributed by atoms with E-state index < -0.39 is 18.4 Å². The van der Waals surface area contributed by atoms with E-state index in [4.69, 9.17) is 9.47 Å². The Hall–Kier alpha value is -1.18. The molecule has 112 valence electrons. The minimum Gasteiger partial charge on any atom is -0.452 e. The van der Waals surface area contributed by atoms with Crippen molar-refractivity contribution in [2.75, 3.05) is 20.3 Å². The lowest BCUT2D eigenvalue weighted by Crippen LogP contribution is -2.56. The predicted octanol–water partition coefficient (Wildman–Crippen LogP) is 0.934. The van der Waals surface area contributed by atoms with Gasteiger partial charge in [-0.1, -0.05) is 0 Å². The average molecular weight is 276 g/mol. The standard InChI is InChI=1S/C12H24N2O5/c1-6-18-11(19-7-2)10(4)13-14(9(3)8-15)12(16)17-5/h8-11,13H,6-7H2,1-5H3/t9?,10-/m0/s1. The molecular formula is C12H24N2O5. The molecule has 1 N–H and O–H groups in total. The van der Waals surface area contributed by atoms with Crippen molar-refractivity contribution in [2.24, 2.45) is 0 Å². The van der Waals surface area contributed by atoms with Crippen molar-refractivity contribution in [1.82, 2.24) is 10.4 Å². The van der Waals surface area contributed by atoms with Crippen LogP contribution in [0.5, 0.6) is 0 Å². The minimum atomic E-state index is -0.654. The summed E-state index contributed by atoms with van der Waals surface area (Å²) < 4.78 is 15.5. The van der Waals surface area contributed by atoms with E-state index in [0.717, 1.165) is 5.01 Å². The Labute approximate surface area is 114 Å². The number of carbonyl (C=O) groups excluding carboxylic acids is 2. The van der Waals surface area contributed by atoms with Gasteiger partial charge in [0.15, 0.2) is 6.29 Å². The molecule has 0 aromatic heterocycles. The number of nitrogens with zero attached hydrogens (tertiary/aromatic N) is 1. The zero-order chi connectivity index (χ0) is 14.8.